The topological polar surface area (TPSA) is 41.1 Å². The zero-order valence-corrected chi connectivity index (χ0v) is 21.7. The molecular formula is C29H27F3N2OS2. The van der Waals surface area contributed by atoms with Gasteiger partial charge in [0.25, 0.3) is 0 Å². The third kappa shape index (κ3) is 6.32. The van der Waals surface area contributed by atoms with Crippen LogP contribution < -0.4 is 10.6 Å². The number of halogens is 3. The van der Waals surface area contributed by atoms with E-state index < -0.39 is 11.7 Å². The molecule has 0 bridgehead atoms. The van der Waals surface area contributed by atoms with Gasteiger partial charge in [0.2, 0.25) is 5.91 Å². The van der Waals surface area contributed by atoms with Crippen LogP contribution in [0, 0.1) is 5.92 Å². The lowest BCUT2D eigenvalue weighted by molar-refractivity contribution is -0.137. The fourth-order valence-electron chi connectivity index (χ4n) is 4.76. The SMILES string of the molecule is O=C(NCc1ccc(-c2cccs2)s1)[C@H]1CCC[C@@H]1NCc1ccc(-c2ccc(C(F)(F)F)cc2)cc1. The second-order valence-electron chi connectivity index (χ2n) is 9.26. The summed E-state index contributed by atoms with van der Waals surface area (Å²) in [6, 6.07) is 21.5. The summed E-state index contributed by atoms with van der Waals surface area (Å²) in [4.78, 5) is 16.6. The highest BCUT2D eigenvalue weighted by atomic mass is 32.1. The maximum atomic E-state index is 12.9. The molecule has 37 heavy (non-hydrogen) atoms. The van der Waals surface area contributed by atoms with Crippen molar-refractivity contribution in [3.63, 3.8) is 0 Å². The van der Waals surface area contributed by atoms with Crippen molar-refractivity contribution in [2.75, 3.05) is 0 Å². The fourth-order valence-corrected chi connectivity index (χ4v) is 6.55. The van der Waals surface area contributed by atoms with Crippen LogP contribution >= 0.6 is 22.7 Å². The van der Waals surface area contributed by atoms with Crippen molar-refractivity contribution < 1.29 is 18.0 Å². The van der Waals surface area contributed by atoms with Gasteiger partial charge in [0.1, 0.15) is 0 Å². The van der Waals surface area contributed by atoms with E-state index in [1.54, 1.807) is 22.7 Å². The Morgan fingerprint density at radius 3 is 2.27 bits per heavy atom. The van der Waals surface area contributed by atoms with Crippen molar-refractivity contribution in [1.82, 2.24) is 10.6 Å². The number of carbonyl (C=O) groups is 1. The molecule has 2 atom stereocenters. The van der Waals surface area contributed by atoms with E-state index in [1.165, 1.54) is 21.9 Å². The molecule has 0 radical (unpaired) electrons. The fraction of sp³-hybridized carbons (Fsp3) is 0.276. The summed E-state index contributed by atoms with van der Waals surface area (Å²) in [5, 5.41) is 8.75. The first-order chi connectivity index (χ1) is 17.9. The molecule has 5 rings (SSSR count). The van der Waals surface area contributed by atoms with Crippen LogP contribution in [0.1, 0.15) is 35.3 Å². The first kappa shape index (κ1) is 25.7. The molecule has 2 aromatic heterocycles. The van der Waals surface area contributed by atoms with Crippen molar-refractivity contribution in [2.24, 2.45) is 5.92 Å². The lowest BCUT2D eigenvalue weighted by Crippen LogP contribution is -2.41. The van der Waals surface area contributed by atoms with Gasteiger partial charge in [-0.15, -0.1) is 22.7 Å². The van der Waals surface area contributed by atoms with Crippen LogP contribution in [0.5, 0.6) is 0 Å². The summed E-state index contributed by atoms with van der Waals surface area (Å²) in [5.74, 6) is 0.0434. The molecule has 0 saturated heterocycles. The summed E-state index contributed by atoms with van der Waals surface area (Å²) in [7, 11) is 0. The van der Waals surface area contributed by atoms with E-state index in [4.69, 9.17) is 0 Å². The summed E-state index contributed by atoms with van der Waals surface area (Å²) < 4.78 is 38.4. The Morgan fingerprint density at radius 1 is 0.865 bits per heavy atom. The zero-order valence-electron chi connectivity index (χ0n) is 20.1. The average Bonchev–Trinajstić information content (AvgIpc) is 3.68. The first-order valence-electron chi connectivity index (χ1n) is 12.3. The third-order valence-electron chi connectivity index (χ3n) is 6.78. The number of alkyl halides is 3. The molecule has 1 fully saturated rings. The molecule has 1 aliphatic carbocycles. The van der Waals surface area contributed by atoms with Crippen LogP contribution in [0.4, 0.5) is 13.2 Å². The minimum Gasteiger partial charge on any atom is -0.351 e. The quantitative estimate of drug-likeness (QED) is 0.240. The van der Waals surface area contributed by atoms with Crippen molar-refractivity contribution >= 4 is 28.6 Å². The summed E-state index contributed by atoms with van der Waals surface area (Å²) in [6.07, 6.45) is -1.48. The minimum atomic E-state index is -4.33. The number of amides is 1. The van der Waals surface area contributed by atoms with Crippen molar-refractivity contribution in [3.8, 4) is 20.9 Å². The van der Waals surface area contributed by atoms with Crippen LogP contribution in [0.15, 0.2) is 78.2 Å². The maximum Gasteiger partial charge on any atom is 0.416 e. The Hall–Kier alpha value is -2.94. The van der Waals surface area contributed by atoms with Gasteiger partial charge in [0.05, 0.1) is 18.0 Å². The Balaban J connectivity index is 1.12. The summed E-state index contributed by atoms with van der Waals surface area (Å²) in [6.45, 7) is 1.18. The lowest BCUT2D eigenvalue weighted by Gasteiger charge is -2.20. The molecule has 1 aliphatic rings. The molecule has 1 amide bonds. The average molecular weight is 541 g/mol. The van der Waals surface area contributed by atoms with E-state index >= 15 is 0 Å². The molecule has 192 valence electrons. The predicted molar refractivity (Wildman–Crippen MR) is 144 cm³/mol. The second-order valence-corrected chi connectivity index (χ2v) is 11.4. The molecule has 3 nitrogen and oxygen atoms in total. The van der Waals surface area contributed by atoms with Gasteiger partial charge in [-0.25, -0.2) is 0 Å². The van der Waals surface area contributed by atoms with Crippen LogP contribution in [0.2, 0.25) is 0 Å². The van der Waals surface area contributed by atoms with Crippen LogP contribution in [-0.2, 0) is 24.1 Å². The number of nitrogens with one attached hydrogen (secondary N) is 2. The standard InChI is InChI=1S/C29H27F3N2OS2/c30-29(31,32)22-12-10-21(11-13-22)20-8-6-19(7-9-20)17-33-25-4-1-3-24(25)28(35)34-18-23-14-15-27(37-23)26-5-2-16-36-26/h2,5-16,24-25,33H,1,3-4,17-18H2,(H,34,35)/t24-,25-/m0/s1. The molecule has 0 unspecified atom stereocenters. The molecule has 2 heterocycles. The van der Waals surface area contributed by atoms with Gasteiger partial charge >= 0.3 is 6.18 Å². The van der Waals surface area contributed by atoms with Gasteiger partial charge < -0.3 is 10.6 Å². The van der Waals surface area contributed by atoms with Gasteiger partial charge in [0.15, 0.2) is 0 Å². The molecule has 2 aromatic carbocycles. The Bertz CT molecular complexity index is 1310. The number of thiophene rings is 2. The molecular weight excluding hydrogens is 513 g/mol. The highest BCUT2D eigenvalue weighted by Gasteiger charge is 2.32. The van der Waals surface area contributed by atoms with E-state index in [-0.39, 0.29) is 17.9 Å². The number of hydrogen-bond acceptors (Lipinski definition) is 4. The highest BCUT2D eigenvalue weighted by molar-refractivity contribution is 7.21. The molecule has 0 aliphatic heterocycles. The van der Waals surface area contributed by atoms with Crippen LogP contribution in [0.25, 0.3) is 20.9 Å². The number of carbonyl (C=O) groups excluding carboxylic acids is 1. The van der Waals surface area contributed by atoms with Crippen molar-refractivity contribution in [2.45, 2.75) is 44.6 Å². The summed E-state index contributed by atoms with van der Waals surface area (Å²) in [5.41, 5.74) is 2.03. The van der Waals surface area contributed by atoms with Gasteiger partial charge in [0, 0.05) is 27.2 Å². The molecule has 0 spiro atoms. The minimum absolute atomic E-state index is 0.0526. The number of hydrogen-bond donors (Lipinski definition) is 2. The van der Waals surface area contributed by atoms with E-state index in [1.807, 2.05) is 30.3 Å². The van der Waals surface area contributed by atoms with E-state index in [0.717, 1.165) is 53.0 Å². The molecule has 2 N–H and O–H groups in total. The van der Waals surface area contributed by atoms with Gasteiger partial charge in [-0.1, -0.05) is 48.9 Å². The van der Waals surface area contributed by atoms with Gasteiger partial charge in [-0.3, -0.25) is 4.79 Å². The van der Waals surface area contributed by atoms with E-state index in [9.17, 15) is 18.0 Å². The van der Waals surface area contributed by atoms with Crippen LogP contribution in [0.3, 0.4) is 0 Å². The summed E-state index contributed by atoms with van der Waals surface area (Å²) >= 11 is 3.43. The number of rotatable bonds is 8. The smallest absolute Gasteiger partial charge is 0.351 e. The first-order valence-corrected chi connectivity index (χ1v) is 14.0. The predicted octanol–water partition coefficient (Wildman–Crippen LogP) is 7.74. The zero-order chi connectivity index (χ0) is 25.8. The third-order valence-corrected chi connectivity index (χ3v) is 8.93. The second kappa shape index (κ2) is 11.2. The lowest BCUT2D eigenvalue weighted by atomic mass is 10.0. The highest BCUT2D eigenvalue weighted by Crippen LogP contribution is 2.33. The van der Waals surface area contributed by atoms with Gasteiger partial charge in [-0.2, -0.15) is 13.2 Å². The van der Waals surface area contributed by atoms with Crippen molar-refractivity contribution in [1.29, 1.82) is 0 Å². The van der Waals surface area contributed by atoms with Crippen LogP contribution in [-0.4, -0.2) is 11.9 Å². The molecule has 4 aromatic rings. The largest absolute Gasteiger partial charge is 0.416 e. The van der Waals surface area contributed by atoms with Gasteiger partial charge in [-0.05, 0) is 65.2 Å². The Kier molecular flexibility index (Phi) is 7.79. The molecule has 8 heteroatoms. The maximum absolute atomic E-state index is 12.9. The normalized spacial score (nSPS) is 17.7. The van der Waals surface area contributed by atoms with E-state index in [0.29, 0.717) is 13.1 Å². The van der Waals surface area contributed by atoms with Crippen molar-refractivity contribution in [3.05, 3.63) is 94.2 Å². The molecule has 1 saturated carbocycles. The number of benzene rings is 2. The Morgan fingerprint density at radius 2 is 1.59 bits per heavy atom. The monoisotopic (exact) mass is 540 g/mol. The Labute approximate surface area is 222 Å². The van der Waals surface area contributed by atoms with E-state index in [2.05, 4.69) is 34.2 Å².